The number of para-hydroxylation sites is 1. The van der Waals surface area contributed by atoms with Crippen LogP contribution in [0.1, 0.15) is 22.3 Å². The highest BCUT2D eigenvalue weighted by molar-refractivity contribution is 6.00. The van der Waals surface area contributed by atoms with Gasteiger partial charge in [0, 0.05) is 11.4 Å². The zero-order chi connectivity index (χ0) is 43.9. The average Bonchev–Trinajstić information content (AvgIpc) is 3.40. The molecule has 0 amide bonds. The highest BCUT2D eigenvalue weighted by Crippen LogP contribution is 2.58. The van der Waals surface area contributed by atoms with E-state index < -0.39 is 5.41 Å². The van der Waals surface area contributed by atoms with Gasteiger partial charge in [-0.2, -0.15) is 0 Å². The molecule has 12 rings (SSSR count). The van der Waals surface area contributed by atoms with E-state index in [1.807, 2.05) is 0 Å². The Bertz CT molecular complexity index is 3500. The summed E-state index contributed by atoms with van der Waals surface area (Å²) < 4.78 is 0. The normalized spacial score (nSPS) is 13.8. The molecule has 0 spiro atoms. The van der Waals surface area contributed by atoms with E-state index in [2.05, 4.69) is 278 Å². The zero-order valence-corrected chi connectivity index (χ0v) is 36.4. The Morgan fingerprint density at radius 2 is 0.712 bits per heavy atom. The molecule has 11 aromatic carbocycles. The lowest BCUT2D eigenvalue weighted by Crippen LogP contribution is -2.34. The van der Waals surface area contributed by atoms with Gasteiger partial charge in [-0.1, -0.05) is 243 Å². The van der Waals surface area contributed by atoms with Crippen LogP contribution in [0.25, 0.3) is 66.4 Å². The van der Waals surface area contributed by atoms with Crippen LogP contribution in [-0.4, -0.2) is 0 Å². The van der Waals surface area contributed by atoms with Crippen molar-refractivity contribution in [3.63, 3.8) is 0 Å². The Morgan fingerprint density at radius 1 is 0.258 bits per heavy atom. The Kier molecular flexibility index (Phi) is 9.81. The highest BCUT2D eigenvalue weighted by Gasteiger charge is 2.45. The second kappa shape index (κ2) is 16.6. The van der Waals surface area contributed by atoms with Crippen LogP contribution in [-0.2, 0) is 5.41 Å². The molecule has 1 nitrogen and oxygen atoms in total. The van der Waals surface area contributed by atoms with Crippen molar-refractivity contribution in [2.45, 2.75) is 5.41 Å². The van der Waals surface area contributed by atoms with Crippen LogP contribution in [0.4, 0.5) is 17.1 Å². The number of anilines is 3. The van der Waals surface area contributed by atoms with Crippen LogP contribution in [0.2, 0.25) is 0 Å². The standard InChI is InChI=1S/C65H45N/c1-4-20-46(21-5-1)47-38-42-52(43-39-47)66(53-44-40-49(41-45-53)55-32-18-25-48-22-10-11-28-54(48)55)63-37-17-16-35-61(63)65(51-26-8-3-9-27-51)60-34-15-14-31-58(60)56-29-12-13-30-57(56)59-33-19-36-62(65)64(59)50-23-6-2-7-24-50/h1-45H. The molecule has 1 unspecified atom stereocenters. The minimum Gasteiger partial charge on any atom is -0.310 e. The van der Waals surface area contributed by atoms with Crippen molar-refractivity contribution in [2.24, 2.45) is 0 Å². The van der Waals surface area contributed by atoms with Gasteiger partial charge in [-0.05, 0) is 119 Å². The second-order valence-corrected chi connectivity index (χ2v) is 17.1. The van der Waals surface area contributed by atoms with Crippen molar-refractivity contribution >= 4 is 27.8 Å². The van der Waals surface area contributed by atoms with E-state index in [9.17, 15) is 0 Å². The number of fused-ring (bicyclic) bond motifs is 7. The summed E-state index contributed by atoms with van der Waals surface area (Å²) >= 11 is 0. The molecule has 1 heteroatoms. The number of hydrogen-bond acceptors (Lipinski definition) is 1. The fourth-order valence-corrected chi connectivity index (χ4v) is 10.7. The summed E-state index contributed by atoms with van der Waals surface area (Å²) in [6, 6.07) is 101. The molecule has 0 heterocycles. The van der Waals surface area contributed by atoms with Crippen molar-refractivity contribution in [1.29, 1.82) is 0 Å². The van der Waals surface area contributed by atoms with Gasteiger partial charge in [0.25, 0.3) is 0 Å². The average molecular weight is 840 g/mol. The first-order valence-corrected chi connectivity index (χ1v) is 22.8. The minimum atomic E-state index is -0.797. The van der Waals surface area contributed by atoms with E-state index in [0.29, 0.717) is 0 Å². The van der Waals surface area contributed by atoms with Gasteiger partial charge in [0.05, 0.1) is 11.1 Å². The Labute approximate surface area is 387 Å². The Hall–Kier alpha value is -8.52. The Morgan fingerprint density at radius 3 is 1.42 bits per heavy atom. The van der Waals surface area contributed by atoms with E-state index in [1.165, 1.54) is 88.7 Å². The molecule has 2 bridgehead atoms. The first-order valence-electron chi connectivity index (χ1n) is 22.8. The molecule has 66 heavy (non-hydrogen) atoms. The van der Waals surface area contributed by atoms with Gasteiger partial charge in [0.2, 0.25) is 0 Å². The SMILES string of the molecule is c1ccc(-c2ccc(N(c3ccc(-c4cccc5ccccc45)cc3)c3ccccc3C3(c4ccccc4)c4ccccc4-c4ccccc4-c4cccc3c4-c3ccccc3)cc2)cc1. The van der Waals surface area contributed by atoms with Crippen molar-refractivity contribution in [3.8, 4) is 55.6 Å². The van der Waals surface area contributed by atoms with Crippen LogP contribution in [0.5, 0.6) is 0 Å². The van der Waals surface area contributed by atoms with E-state index >= 15 is 0 Å². The fraction of sp³-hybridized carbons (Fsp3) is 0.0154. The van der Waals surface area contributed by atoms with Gasteiger partial charge in [-0.3, -0.25) is 0 Å². The van der Waals surface area contributed by atoms with Crippen molar-refractivity contribution in [3.05, 3.63) is 295 Å². The summed E-state index contributed by atoms with van der Waals surface area (Å²) in [6.45, 7) is 0. The van der Waals surface area contributed by atoms with Gasteiger partial charge in [0.15, 0.2) is 0 Å². The number of nitrogens with zero attached hydrogens (tertiary/aromatic N) is 1. The molecule has 0 aromatic heterocycles. The van der Waals surface area contributed by atoms with Crippen molar-refractivity contribution in [2.75, 3.05) is 4.90 Å². The van der Waals surface area contributed by atoms with Crippen LogP contribution >= 0.6 is 0 Å². The Balaban J connectivity index is 1.17. The maximum absolute atomic E-state index is 2.48. The summed E-state index contributed by atoms with van der Waals surface area (Å²) in [5, 5.41) is 2.48. The number of rotatable bonds is 8. The third-order valence-corrected chi connectivity index (χ3v) is 13.6. The molecule has 1 aliphatic carbocycles. The zero-order valence-electron chi connectivity index (χ0n) is 36.4. The molecule has 0 saturated heterocycles. The van der Waals surface area contributed by atoms with Gasteiger partial charge in [0.1, 0.15) is 0 Å². The maximum Gasteiger partial charge on any atom is 0.0734 e. The van der Waals surface area contributed by atoms with Gasteiger partial charge >= 0.3 is 0 Å². The summed E-state index contributed by atoms with van der Waals surface area (Å²) in [5.74, 6) is 0. The number of benzene rings is 11. The quantitative estimate of drug-likeness (QED) is 0.147. The summed E-state index contributed by atoms with van der Waals surface area (Å²) in [6.07, 6.45) is 0. The van der Waals surface area contributed by atoms with Crippen LogP contribution < -0.4 is 4.90 Å². The van der Waals surface area contributed by atoms with Crippen LogP contribution in [0.3, 0.4) is 0 Å². The maximum atomic E-state index is 2.48. The van der Waals surface area contributed by atoms with Crippen molar-refractivity contribution in [1.82, 2.24) is 0 Å². The molecule has 0 radical (unpaired) electrons. The van der Waals surface area contributed by atoms with Crippen molar-refractivity contribution < 1.29 is 0 Å². The fourth-order valence-electron chi connectivity index (χ4n) is 10.7. The lowest BCUT2D eigenvalue weighted by atomic mass is 9.60. The molecule has 310 valence electrons. The van der Waals surface area contributed by atoms with Gasteiger partial charge in [-0.25, -0.2) is 0 Å². The highest BCUT2D eigenvalue weighted by atomic mass is 15.1. The lowest BCUT2D eigenvalue weighted by Gasteiger charge is -2.43. The topological polar surface area (TPSA) is 3.24 Å². The van der Waals surface area contributed by atoms with Crippen LogP contribution in [0.15, 0.2) is 273 Å². The van der Waals surface area contributed by atoms with Crippen LogP contribution in [0, 0.1) is 0 Å². The third-order valence-electron chi connectivity index (χ3n) is 13.6. The first kappa shape index (κ1) is 39.1. The minimum absolute atomic E-state index is 0.797. The molecular weight excluding hydrogens is 795 g/mol. The van der Waals surface area contributed by atoms with E-state index in [4.69, 9.17) is 0 Å². The van der Waals surface area contributed by atoms with Gasteiger partial charge in [-0.15, -0.1) is 0 Å². The first-order chi connectivity index (χ1) is 32.8. The monoisotopic (exact) mass is 839 g/mol. The summed E-state index contributed by atoms with van der Waals surface area (Å²) in [4.78, 5) is 2.48. The van der Waals surface area contributed by atoms with Gasteiger partial charge < -0.3 is 4.90 Å². The molecular formula is C65H45N. The molecule has 0 fully saturated rings. The summed E-state index contributed by atoms with van der Waals surface area (Å²) in [5.41, 5.74) is 19.4. The predicted molar refractivity (Wildman–Crippen MR) is 278 cm³/mol. The largest absolute Gasteiger partial charge is 0.310 e. The van der Waals surface area contributed by atoms with E-state index in [1.54, 1.807) is 0 Å². The smallest absolute Gasteiger partial charge is 0.0734 e. The van der Waals surface area contributed by atoms with E-state index in [-0.39, 0.29) is 0 Å². The predicted octanol–water partition coefficient (Wildman–Crippen LogP) is 17.3. The lowest BCUT2D eigenvalue weighted by molar-refractivity contribution is 0.748. The molecule has 0 aliphatic heterocycles. The molecule has 1 atom stereocenters. The summed E-state index contributed by atoms with van der Waals surface area (Å²) in [7, 11) is 0. The third kappa shape index (κ3) is 6.47. The molecule has 0 saturated carbocycles. The second-order valence-electron chi connectivity index (χ2n) is 17.1. The molecule has 0 N–H and O–H groups in total. The molecule has 1 aliphatic rings. The number of hydrogen-bond donors (Lipinski definition) is 0. The molecule has 11 aromatic rings. The van der Waals surface area contributed by atoms with E-state index in [0.717, 1.165) is 17.1 Å².